The molecule has 1 aromatic rings. The van der Waals surface area contributed by atoms with Crippen LogP contribution < -0.4 is 5.32 Å². The zero-order valence-electron chi connectivity index (χ0n) is 10.6. The third-order valence-electron chi connectivity index (χ3n) is 2.64. The van der Waals surface area contributed by atoms with Crippen LogP contribution in [0.5, 0.6) is 0 Å². The van der Waals surface area contributed by atoms with E-state index in [1.54, 1.807) is 13.0 Å². The molecule has 0 bridgehead atoms. The van der Waals surface area contributed by atoms with Crippen molar-refractivity contribution in [2.75, 3.05) is 12.4 Å². The molecule has 1 N–H and O–H groups in total. The van der Waals surface area contributed by atoms with Crippen molar-refractivity contribution >= 4 is 17.3 Å². The summed E-state index contributed by atoms with van der Waals surface area (Å²) >= 11 is 0. The second-order valence-electron chi connectivity index (χ2n) is 3.88. The summed E-state index contributed by atoms with van der Waals surface area (Å²) in [5.41, 5.74) is 1.44. The summed E-state index contributed by atoms with van der Waals surface area (Å²) < 4.78 is 4.67. The van der Waals surface area contributed by atoms with Crippen LogP contribution in [-0.4, -0.2) is 24.0 Å². The Balaban J connectivity index is 2.90. The smallest absolute Gasteiger partial charge is 0.328 e. The molecule has 0 heterocycles. The van der Waals surface area contributed by atoms with Crippen LogP contribution in [0.15, 0.2) is 18.2 Å². The number of nitro benzene ring substituents is 1. The lowest BCUT2D eigenvalue weighted by Crippen LogP contribution is -2.30. The molecule has 98 valence electrons. The predicted octanol–water partition coefficient (Wildman–Crippen LogP) is 2.27. The summed E-state index contributed by atoms with van der Waals surface area (Å²) in [5.74, 6) is -0.352. The number of anilines is 1. The van der Waals surface area contributed by atoms with Gasteiger partial charge in [-0.1, -0.05) is 6.92 Å². The predicted molar refractivity (Wildman–Crippen MR) is 67.6 cm³/mol. The normalized spacial score (nSPS) is 11.7. The molecule has 0 amide bonds. The van der Waals surface area contributed by atoms with E-state index in [4.69, 9.17) is 0 Å². The average molecular weight is 252 g/mol. The number of hydrogen-bond donors (Lipinski definition) is 1. The maximum atomic E-state index is 11.4. The number of rotatable bonds is 5. The second kappa shape index (κ2) is 6.00. The van der Waals surface area contributed by atoms with Crippen molar-refractivity contribution in [1.29, 1.82) is 0 Å². The number of aryl methyl sites for hydroxylation is 1. The molecule has 0 saturated heterocycles. The van der Waals surface area contributed by atoms with Crippen molar-refractivity contribution < 1.29 is 14.5 Å². The molecule has 0 saturated carbocycles. The van der Waals surface area contributed by atoms with Crippen LogP contribution in [0.3, 0.4) is 0 Å². The first-order valence-electron chi connectivity index (χ1n) is 5.59. The van der Waals surface area contributed by atoms with Gasteiger partial charge in [-0.05, 0) is 25.0 Å². The third kappa shape index (κ3) is 3.19. The molecule has 1 aromatic carbocycles. The van der Waals surface area contributed by atoms with E-state index in [1.807, 2.05) is 6.92 Å². The number of nitrogens with one attached hydrogen (secondary N) is 1. The van der Waals surface area contributed by atoms with Gasteiger partial charge >= 0.3 is 5.97 Å². The molecule has 6 nitrogen and oxygen atoms in total. The second-order valence-corrected chi connectivity index (χ2v) is 3.88. The van der Waals surface area contributed by atoms with Gasteiger partial charge in [0, 0.05) is 17.8 Å². The molecule has 0 aromatic heterocycles. The van der Waals surface area contributed by atoms with Crippen LogP contribution in [0, 0.1) is 17.0 Å². The number of nitro groups is 1. The van der Waals surface area contributed by atoms with E-state index >= 15 is 0 Å². The van der Waals surface area contributed by atoms with Gasteiger partial charge in [0.25, 0.3) is 5.69 Å². The number of non-ortho nitro benzene ring substituents is 1. The highest BCUT2D eigenvalue weighted by Crippen LogP contribution is 2.22. The van der Waals surface area contributed by atoms with Gasteiger partial charge in [-0.25, -0.2) is 4.79 Å². The number of benzene rings is 1. The van der Waals surface area contributed by atoms with Crippen molar-refractivity contribution in [2.24, 2.45) is 0 Å². The first kappa shape index (κ1) is 14.0. The van der Waals surface area contributed by atoms with Gasteiger partial charge in [-0.3, -0.25) is 10.1 Å². The zero-order valence-corrected chi connectivity index (χ0v) is 10.6. The molecule has 18 heavy (non-hydrogen) atoms. The fraction of sp³-hybridized carbons (Fsp3) is 0.417. The van der Waals surface area contributed by atoms with E-state index in [0.29, 0.717) is 17.7 Å². The Morgan fingerprint density at radius 3 is 2.67 bits per heavy atom. The lowest BCUT2D eigenvalue weighted by atomic mass is 10.1. The maximum Gasteiger partial charge on any atom is 0.328 e. The van der Waals surface area contributed by atoms with Crippen molar-refractivity contribution in [3.8, 4) is 0 Å². The summed E-state index contributed by atoms with van der Waals surface area (Å²) in [6.07, 6.45) is 0.573. The van der Waals surface area contributed by atoms with Crippen molar-refractivity contribution in [3.63, 3.8) is 0 Å². The molecule has 1 rings (SSSR count). The van der Waals surface area contributed by atoms with Crippen molar-refractivity contribution in [1.82, 2.24) is 0 Å². The summed E-state index contributed by atoms with van der Waals surface area (Å²) in [4.78, 5) is 21.6. The number of carbonyl (C=O) groups is 1. The Bertz CT molecular complexity index is 459. The minimum absolute atomic E-state index is 0.0316. The largest absolute Gasteiger partial charge is 0.467 e. The van der Waals surface area contributed by atoms with Crippen LogP contribution in [0.2, 0.25) is 0 Å². The van der Waals surface area contributed by atoms with Gasteiger partial charge < -0.3 is 10.1 Å². The number of nitrogens with zero attached hydrogens (tertiary/aromatic N) is 1. The van der Waals surface area contributed by atoms with Crippen LogP contribution in [0.1, 0.15) is 18.9 Å². The van der Waals surface area contributed by atoms with Crippen molar-refractivity contribution in [3.05, 3.63) is 33.9 Å². The van der Waals surface area contributed by atoms with Gasteiger partial charge in [0.2, 0.25) is 0 Å². The molecular formula is C12H16N2O4. The van der Waals surface area contributed by atoms with Gasteiger partial charge in [0.1, 0.15) is 6.04 Å². The first-order chi connectivity index (χ1) is 8.49. The molecule has 0 aliphatic rings. The van der Waals surface area contributed by atoms with Crippen LogP contribution in [0.25, 0.3) is 0 Å². The van der Waals surface area contributed by atoms with Gasteiger partial charge in [0.15, 0.2) is 0 Å². The van der Waals surface area contributed by atoms with Gasteiger partial charge in [-0.2, -0.15) is 0 Å². The molecule has 0 radical (unpaired) electrons. The molecule has 0 fully saturated rings. The Morgan fingerprint density at radius 2 is 2.22 bits per heavy atom. The zero-order chi connectivity index (χ0) is 13.7. The Morgan fingerprint density at radius 1 is 1.56 bits per heavy atom. The Labute approximate surface area is 105 Å². The quantitative estimate of drug-likeness (QED) is 0.494. The summed E-state index contributed by atoms with van der Waals surface area (Å²) in [6.45, 7) is 3.61. The highest BCUT2D eigenvalue weighted by Gasteiger charge is 2.18. The molecule has 0 spiro atoms. The lowest BCUT2D eigenvalue weighted by Gasteiger charge is -2.17. The van der Waals surface area contributed by atoms with Crippen molar-refractivity contribution in [2.45, 2.75) is 26.3 Å². The van der Waals surface area contributed by atoms with E-state index < -0.39 is 11.0 Å². The summed E-state index contributed by atoms with van der Waals surface area (Å²) in [6, 6.07) is 4.01. The monoisotopic (exact) mass is 252 g/mol. The fourth-order valence-corrected chi connectivity index (χ4v) is 1.58. The summed E-state index contributed by atoms with van der Waals surface area (Å²) in [5, 5.41) is 13.6. The molecule has 0 aliphatic heterocycles. The Hall–Kier alpha value is -2.11. The van der Waals surface area contributed by atoms with E-state index in [0.717, 1.165) is 0 Å². The highest BCUT2D eigenvalue weighted by atomic mass is 16.6. The number of esters is 1. The van der Waals surface area contributed by atoms with Crippen LogP contribution >= 0.6 is 0 Å². The van der Waals surface area contributed by atoms with Gasteiger partial charge in [0.05, 0.1) is 12.0 Å². The van der Waals surface area contributed by atoms with E-state index in [-0.39, 0.29) is 11.7 Å². The topological polar surface area (TPSA) is 81.5 Å². The van der Waals surface area contributed by atoms with E-state index in [2.05, 4.69) is 10.1 Å². The minimum atomic E-state index is -0.450. The average Bonchev–Trinajstić information content (AvgIpc) is 2.36. The first-order valence-corrected chi connectivity index (χ1v) is 5.59. The minimum Gasteiger partial charge on any atom is -0.467 e. The SMILES string of the molecule is CCC(Nc1ccc([N+](=O)[O-])cc1C)C(=O)OC. The van der Waals surface area contributed by atoms with E-state index in [9.17, 15) is 14.9 Å². The number of hydrogen-bond acceptors (Lipinski definition) is 5. The molecule has 1 unspecified atom stereocenters. The highest BCUT2D eigenvalue weighted by molar-refractivity contribution is 5.79. The molecule has 6 heteroatoms. The number of ether oxygens (including phenoxy) is 1. The maximum absolute atomic E-state index is 11.4. The standard InChI is InChI=1S/C12H16N2O4/c1-4-10(12(15)18-3)13-11-6-5-9(14(16)17)7-8(11)2/h5-7,10,13H,4H2,1-3H3. The third-order valence-corrected chi connectivity index (χ3v) is 2.64. The van der Waals surface area contributed by atoms with Crippen LogP contribution in [0.4, 0.5) is 11.4 Å². The fourth-order valence-electron chi connectivity index (χ4n) is 1.58. The lowest BCUT2D eigenvalue weighted by molar-refractivity contribution is -0.384. The summed E-state index contributed by atoms with van der Waals surface area (Å²) in [7, 11) is 1.33. The van der Waals surface area contributed by atoms with Crippen LogP contribution in [-0.2, 0) is 9.53 Å². The van der Waals surface area contributed by atoms with Gasteiger partial charge in [-0.15, -0.1) is 0 Å². The van der Waals surface area contributed by atoms with E-state index in [1.165, 1.54) is 19.2 Å². The molecule has 0 aliphatic carbocycles. The molecule has 1 atom stereocenters. The number of carbonyl (C=O) groups excluding carboxylic acids is 1. The Kier molecular flexibility index (Phi) is 4.65. The number of methoxy groups -OCH3 is 1. The molecular weight excluding hydrogens is 236 g/mol.